The number of hydrogen-bond acceptors (Lipinski definition) is 2. The maximum absolute atomic E-state index is 6.56. The second kappa shape index (κ2) is 16.1. The number of hydrogen-bond donors (Lipinski definition) is 0. The van der Waals surface area contributed by atoms with Crippen molar-refractivity contribution in [2.75, 3.05) is 4.90 Å². The lowest BCUT2D eigenvalue weighted by Crippen LogP contribution is -2.12. The van der Waals surface area contributed by atoms with Gasteiger partial charge >= 0.3 is 0 Å². The fraction of sp³-hybridized carbons (Fsp3) is 0. The average molecular weight is 792 g/mol. The van der Waals surface area contributed by atoms with Gasteiger partial charge in [0.25, 0.3) is 0 Å². The predicted molar refractivity (Wildman–Crippen MR) is 261 cm³/mol. The van der Waals surface area contributed by atoms with Gasteiger partial charge in [0.2, 0.25) is 0 Å². The third kappa shape index (κ3) is 6.84. The molecular weight excluding hydrogens is 751 g/mol. The van der Waals surface area contributed by atoms with Crippen LogP contribution in [0.5, 0.6) is 0 Å². The first-order valence-electron chi connectivity index (χ1n) is 21.2. The quantitative estimate of drug-likeness (QED) is 0.145. The SMILES string of the molecule is c1ccc(-c2cc(-c3ccccc3)c(-c3ccccc3)c(N(c3ccc(-c4ccccc4-c4ccccc4-c4ccccc4)cc3)c3ccc4c(c3)oc3ccccc34)c2)cc1. The molecule has 10 aromatic carbocycles. The summed E-state index contributed by atoms with van der Waals surface area (Å²) in [6, 6.07) is 89.1. The Balaban J connectivity index is 1.14. The Morgan fingerprint density at radius 3 is 1.32 bits per heavy atom. The van der Waals surface area contributed by atoms with Gasteiger partial charge in [0.05, 0.1) is 5.69 Å². The molecule has 0 spiro atoms. The van der Waals surface area contributed by atoms with Crippen molar-refractivity contribution in [3.63, 3.8) is 0 Å². The number of anilines is 3. The van der Waals surface area contributed by atoms with Crippen LogP contribution in [-0.2, 0) is 0 Å². The minimum absolute atomic E-state index is 0.847. The van der Waals surface area contributed by atoms with Crippen LogP contribution in [-0.4, -0.2) is 0 Å². The summed E-state index contributed by atoms with van der Waals surface area (Å²) in [6.07, 6.45) is 0. The summed E-state index contributed by atoms with van der Waals surface area (Å²) >= 11 is 0. The lowest BCUT2D eigenvalue weighted by molar-refractivity contribution is 0.669. The van der Waals surface area contributed by atoms with Gasteiger partial charge in [-0.05, 0) is 104 Å². The van der Waals surface area contributed by atoms with Gasteiger partial charge in [0.15, 0.2) is 0 Å². The predicted octanol–water partition coefficient (Wildman–Crippen LogP) is 17.1. The Morgan fingerprint density at radius 2 is 0.710 bits per heavy atom. The van der Waals surface area contributed by atoms with Crippen LogP contribution in [0.2, 0.25) is 0 Å². The first-order chi connectivity index (χ1) is 30.8. The summed E-state index contributed by atoms with van der Waals surface area (Å²) in [7, 11) is 0. The summed E-state index contributed by atoms with van der Waals surface area (Å²) < 4.78 is 6.56. The van der Waals surface area contributed by atoms with Crippen molar-refractivity contribution in [3.05, 3.63) is 249 Å². The van der Waals surface area contributed by atoms with E-state index in [4.69, 9.17) is 4.42 Å². The normalized spacial score (nSPS) is 11.2. The third-order valence-corrected chi connectivity index (χ3v) is 11.9. The van der Waals surface area contributed by atoms with E-state index in [9.17, 15) is 0 Å². The molecule has 0 bridgehead atoms. The number of fused-ring (bicyclic) bond motifs is 3. The van der Waals surface area contributed by atoms with Crippen molar-refractivity contribution >= 4 is 39.0 Å². The maximum atomic E-state index is 6.56. The molecule has 11 aromatic rings. The zero-order valence-electron chi connectivity index (χ0n) is 34.0. The Kier molecular flexibility index (Phi) is 9.57. The molecule has 1 aromatic heterocycles. The van der Waals surface area contributed by atoms with Crippen LogP contribution < -0.4 is 4.90 Å². The molecule has 0 radical (unpaired) electrons. The second-order valence-electron chi connectivity index (χ2n) is 15.6. The number of furan rings is 1. The minimum Gasteiger partial charge on any atom is -0.456 e. The van der Waals surface area contributed by atoms with Gasteiger partial charge in [-0.3, -0.25) is 0 Å². The third-order valence-electron chi connectivity index (χ3n) is 11.9. The molecule has 0 fully saturated rings. The Hall–Kier alpha value is -8.20. The Bertz CT molecular complexity index is 3320. The highest BCUT2D eigenvalue weighted by Gasteiger charge is 2.24. The molecule has 2 heteroatoms. The molecule has 62 heavy (non-hydrogen) atoms. The first-order valence-corrected chi connectivity index (χ1v) is 21.2. The molecule has 0 saturated carbocycles. The van der Waals surface area contributed by atoms with Crippen LogP contribution in [0.3, 0.4) is 0 Å². The van der Waals surface area contributed by atoms with Gasteiger partial charge in [0, 0.05) is 33.8 Å². The average Bonchev–Trinajstić information content (AvgIpc) is 3.73. The lowest BCUT2D eigenvalue weighted by atomic mass is 9.88. The molecule has 2 nitrogen and oxygen atoms in total. The standard InChI is InChI=1S/C60H41NO/c1-5-19-42(20-6-1)47-39-56(44-23-9-3-10-24-44)60(46-25-11-4-12-26-46)57(40-47)61(49-37-38-55-54-31-17-18-32-58(54)62-59(55)41-49)48-35-33-45(34-36-48)51-28-14-16-30-53(51)52-29-15-13-27-50(52)43-21-7-2-8-22-43/h1-41H. The van der Waals surface area contributed by atoms with Crippen molar-refractivity contribution in [1.29, 1.82) is 0 Å². The maximum Gasteiger partial charge on any atom is 0.137 e. The van der Waals surface area contributed by atoms with Crippen LogP contribution in [0.25, 0.3) is 88.7 Å². The van der Waals surface area contributed by atoms with E-state index in [1.54, 1.807) is 0 Å². The number of nitrogens with zero attached hydrogens (tertiary/aromatic N) is 1. The van der Waals surface area contributed by atoms with E-state index in [1.807, 2.05) is 12.1 Å². The number of benzene rings is 10. The van der Waals surface area contributed by atoms with E-state index in [0.29, 0.717) is 0 Å². The fourth-order valence-corrected chi connectivity index (χ4v) is 8.98. The molecule has 0 aliphatic rings. The molecule has 0 aliphatic carbocycles. The smallest absolute Gasteiger partial charge is 0.137 e. The molecule has 0 atom stereocenters. The van der Waals surface area contributed by atoms with E-state index in [1.165, 1.54) is 27.8 Å². The van der Waals surface area contributed by atoms with E-state index < -0.39 is 0 Å². The minimum atomic E-state index is 0.847. The number of para-hydroxylation sites is 1. The van der Waals surface area contributed by atoms with Crippen molar-refractivity contribution in [1.82, 2.24) is 0 Å². The lowest BCUT2D eigenvalue weighted by Gasteiger charge is -2.30. The molecule has 0 unspecified atom stereocenters. The highest BCUT2D eigenvalue weighted by molar-refractivity contribution is 6.07. The molecule has 0 saturated heterocycles. The van der Waals surface area contributed by atoms with Crippen LogP contribution >= 0.6 is 0 Å². The highest BCUT2D eigenvalue weighted by atomic mass is 16.3. The molecule has 0 N–H and O–H groups in total. The van der Waals surface area contributed by atoms with Crippen LogP contribution in [0, 0.1) is 0 Å². The Labute approximate surface area is 362 Å². The molecule has 1 heterocycles. The monoisotopic (exact) mass is 791 g/mol. The zero-order chi connectivity index (χ0) is 41.2. The van der Waals surface area contributed by atoms with Crippen molar-refractivity contribution in [2.24, 2.45) is 0 Å². The zero-order valence-corrected chi connectivity index (χ0v) is 34.0. The van der Waals surface area contributed by atoms with E-state index in [-0.39, 0.29) is 0 Å². The summed E-state index contributed by atoms with van der Waals surface area (Å²) in [6.45, 7) is 0. The Morgan fingerprint density at radius 1 is 0.258 bits per heavy atom. The van der Waals surface area contributed by atoms with Crippen molar-refractivity contribution in [3.8, 4) is 66.8 Å². The fourth-order valence-electron chi connectivity index (χ4n) is 8.98. The summed E-state index contributed by atoms with van der Waals surface area (Å²) in [4.78, 5) is 2.41. The summed E-state index contributed by atoms with van der Waals surface area (Å²) in [5.41, 5.74) is 18.9. The second-order valence-corrected chi connectivity index (χ2v) is 15.6. The van der Waals surface area contributed by atoms with Gasteiger partial charge in [-0.1, -0.05) is 200 Å². The summed E-state index contributed by atoms with van der Waals surface area (Å²) in [5.74, 6) is 0. The number of rotatable bonds is 9. The van der Waals surface area contributed by atoms with Crippen molar-refractivity contribution < 1.29 is 4.42 Å². The van der Waals surface area contributed by atoms with Gasteiger partial charge in [-0.15, -0.1) is 0 Å². The van der Waals surface area contributed by atoms with Crippen LogP contribution in [0.15, 0.2) is 253 Å². The first kappa shape index (κ1) is 36.8. The van der Waals surface area contributed by atoms with Crippen LogP contribution in [0.1, 0.15) is 0 Å². The van der Waals surface area contributed by atoms with E-state index in [2.05, 4.69) is 241 Å². The van der Waals surface area contributed by atoms with Gasteiger partial charge in [0.1, 0.15) is 11.2 Å². The molecule has 0 aliphatic heterocycles. The van der Waals surface area contributed by atoms with E-state index >= 15 is 0 Å². The molecule has 0 amide bonds. The summed E-state index contributed by atoms with van der Waals surface area (Å²) in [5, 5.41) is 2.21. The molecular formula is C60H41NO. The molecule has 292 valence electrons. The van der Waals surface area contributed by atoms with Crippen molar-refractivity contribution in [2.45, 2.75) is 0 Å². The molecule has 11 rings (SSSR count). The van der Waals surface area contributed by atoms with E-state index in [0.717, 1.165) is 77.9 Å². The highest BCUT2D eigenvalue weighted by Crippen LogP contribution is 2.49. The van der Waals surface area contributed by atoms with Gasteiger partial charge < -0.3 is 9.32 Å². The van der Waals surface area contributed by atoms with Gasteiger partial charge in [-0.2, -0.15) is 0 Å². The van der Waals surface area contributed by atoms with Crippen LogP contribution in [0.4, 0.5) is 17.1 Å². The topological polar surface area (TPSA) is 16.4 Å². The largest absolute Gasteiger partial charge is 0.456 e. The van der Waals surface area contributed by atoms with Gasteiger partial charge in [-0.25, -0.2) is 0 Å².